The fourth-order valence-electron chi connectivity index (χ4n) is 2.82. The summed E-state index contributed by atoms with van der Waals surface area (Å²) in [6.07, 6.45) is 3.34. The minimum absolute atomic E-state index is 0.0106. The summed E-state index contributed by atoms with van der Waals surface area (Å²) in [5.41, 5.74) is 0. The Balaban J connectivity index is 1.70. The van der Waals surface area contributed by atoms with E-state index in [9.17, 15) is 8.42 Å². The molecule has 2 aliphatic rings. The van der Waals surface area contributed by atoms with Gasteiger partial charge < -0.3 is 0 Å². The van der Waals surface area contributed by atoms with Crippen LogP contribution in [0, 0.1) is 11.8 Å². The molecule has 1 saturated carbocycles. The van der Waals surface area contributed by atoms with Gasteiger partial charge in [0, 0.05) is 13.1 Å². The Morgan fingerprint density at radius 2 is 2.06 bits per heavy atom. The van der Waals surface area contributed by atoms with Crippen LogP contribution in [-0.4, -0.2) is 41.0 Å². The molecule has 0 spiro atoms. The van der Waals surface area contributed by atoms with Crippen LogP contribution in [-0.2, 0) is 17.1 Å². The summed E-state index contributed by atoms with van der Waals surface area (Å²) in [7, 11) is -1.85. The fraction of sp³-hybridized carbons (Fsp3) is 0.800. The summed E-state index contributed by atoms with van der Waals surface area (Å²) in [6.45, 7) is 0. The van der Waals surface area contributed by atoms with Crippen molar-refractivity contribution in [3.05, 3.63) is 6.20 Å². The number of nitrogens with one attached hydrogen (secondary N) is 1. The van der Waals surface area contributed by atoms with Crippen molar-refractivity contribution >= 4 is 21.8 Å². The van der Waals surface area contributed by atoms with Crippen LogP contribution in [0.1, 0.15) is 12.8 Å². The molecule has 1 N–H and O–H groups in total. The van der Waals surface area contributed by atoms with Crippen LogP contribution in [0.3, 0.4) is 0 Å². The zero-order valence-corrected chi connectivity index (χ0v) is 11.7. The molecule has 3 rings (SSSR count). The third-order valence-electron chi connectivity index (χ3n) is 3.68. The minimum atomic E-state index is -3.51. The predicted molar refractivity (Wildman–Crippen MR) is 68.7 cm³/mol. The van der Waals surface area contributed by atoms with E-state index in [-0.39, 0.29) is 11.1 Å². The molecular formula is C10H16N4O2S2. The van der Waals surface area contributed by atoms with Gasteiger partial charge in [-0.25, -0.2) is 13.1 Å². The lowest BCUT2D eigenvalue weighted by Crippen LogP contribution is -2.33. The molecule has 0 aromatic carbocycles. The highest BCUT2D eigenvalue weighted by atomic mass is 32.2. The number of hydrogen-bond donors (Lipinski definition) is 1. The number of aromatic nitrogens is 3. The highest BCUT2D eigenvalue weighted by Gasteiger charge is 2.39. The SMILES string of the molecule is Cn1cc(S(=O)(=O)NC2C[C@@H]3CSC[C@H]3C2)nn1. The van der Waals surface area contributed by atoms with Gasteiger partial charge in [0.2, 0.25) is 5.03 Å². The van der Waals surface area contributed by atoms with Gasteiger partial charge in [-0.3, -0.25) is 4.68 Å². The number of hydrogen-bond acceptors (Lipinski definition) is 5. The molecule has 6 nitrogen and oxygen atoms in total. The highest BCUT2D eigenvalue weighted by molar-refractivity contribution is 7.99. The maximum atomic E-state index is 12.1. The van der Waals surface area contributed by atoms with Crippen LogP contribution < -0.4 is 4.72 Å². The summed E-state index contributed by atoms with van der Waals surface area (Å²) in [6, 6.07) is 0.0629. The molecule has 2 atom stereocenters. The quantitative estimate of drug-likeness (QED) is 0.862. The normalized spacial score (nSPS) is 28.7. The van der Waals surface area contributed by atoms with Gasteiger partial charge in [-0.05, 0) is 36.2 Å². The van der Waals surface area contributed by atoms with Gasteiger partial charge in [-0.15, -0.1) is 5.10 Å². The van der Waals surface area contributed by atoms with Crippen LogP contribution >= 0.6 is 11.8 Å². The van der Waals surface area contributed by atoms with Gasteiger partial charge >= 0.3 is 0 Å². The van der Waals surface area contributed by atoms with Gasteiger partial charge in [0.15, 0.2) is 0 Å². The van der Waals surface area contributed by atoms with Crippen molar-refractivity contribution in [3.8, 4) is 0 Å². The third kappa shape index (κ3) is 2.28. The lowest BCUT2D eigenvalue weighted by molar-refractivity contribution is 0.494. The van der Waals surface area contributed by atoms with Gasteiger partial charge in [-0.1, -0.05) is 5.21 Å². The number of sulfonamides is 1. The molecule has 2 heterocycles. The smallest absolute Gasteiger partial charge is 0.254 e. The lowest BCUT2D eigenvalue weighted by Gasteiger charge is -2.12. The average Bonchev–Trinajstić information content (AvgIpc) is 2.92. The van der Waals surface area contributed by atoms with E-state index in [2.05, 4.69) is 15.0 Å². The second-order valence-corrected chi connectivity index (χ2v) is 7.81. The first-order valence-electron chi connectivity index (χ1n) is 6.01. The van der Waals surface area contributed by atoms with Crippen LogP contribution in [0.25, 0.3) is 0 Å². The van der Waals surface area contributed by atoms with Crippen molar-refractivity contribution in [2.24, 2.45) is 18.9 Å². The second-order valence-electron chi connectivity index (χ2n) is 5.08. The molecule has 0 amide bonds. The first-order valence-corrected chi connectivity index (χ1v) is 8.65. The molecule has 8 heteroatoms. The monoisotopic (exact) mass is 288 g/mol. The summed E-state index contributed by atoms with van der Waals surface area (Å²) in [5.74, 6) is 3.72. The van der Waals surface area contributed by atoms with Gasteiger partial charge in [0.05, 0.1) is 6.20 Å². The average molecular weight is 288 g/mol. The van der Waals surface area contributed by atoms with Crippen molar-refractivity contribution in [2.45, 2.75) is 23.9 Å². The maximum absolute atomic E-state index is 12.1. The van der Waals surface area contributed by atoms with Gasteiger partial charge in [0.1, 0.15) is 0 Å². The Hall–Kier alpha value is -0.600. The molecule has 0 bridgehead atoms. The van der Waals surface area contributed by atoms with Crippen LogP contribution in [0.2, 0.25) is 0 Å². The molecule has 18 heavy (non-hydrogen) atoms. The van der Waals surface area contributed by atoms with Crippen molar-refractivity contribution < 1.29 is 8.42 Å². The minimum Gasteiger partial charge on any atom is -0.254 e. The molecule has 1 aliphatic heterocycles. The standard InChI is InChI=1S/C10H16N4O2S2/c1-14-4-10(11-13-14)18(15,16)12-9-2-7-5-17-6-8(7)3-9/h4,7-9,12H,2-3,5-6H2,1H3/t7-,8-/m1/s1. The first kappa shape index (κ1) is 12.4. The summed E-state index contributed by atoms with van der Waals surface area (Å²) in [5, 5.41) is 7.33. The number of fused-ring (bicyclic) bond motifs is 1. The third-order valence-corrected chi connectivity index (χ3v) is 6.39. The second kappa shape index (κ2) is 4.50. The molecule has 100 valence electrons. The van der Waals surface area contributed by atoms with E-state index < -0.39 is 10.0 Å². The zero-order valence-electron chi connectivity index (χ0n) is 10.1. The van der Waals surface area contributed by atoms with Crippen molar-refractivity contribution in [3.63, 3.8) is 0 Å². The van der Waals surface area contributed by atoms with Crippen molar-refractivity contribution in [1.29, 1.82) is 0 Å². The van der Waals surface area contributed by atoms with Crippen LogP contribution in [0.5, 0.6) is 0 Å². The Morgan fingerprint density at radius 1 is 1.39 bits per heavy atom. The van der Waals surface area contributed by atoms with E-state index >= 15 is 0 Å². The largest absolute Gasteiger partial charge is 0.261 e. The van der Waals surface area contributed by atoms with E-state index in [0.29, 0.717) is 11.8 Å². The molecular weight excluding hydrogens is 272 g/mol. The first-order chi connectivity index (χ1) is 8.54. The molecule has 0 unspecified atom stereocenters. The van der Waals surface area contributed by atoms with Crippen LogP contribution in [0.15, 0.2) is 11.2 Å². The summed E-state index contributed by atoms with van der Waals surface area (Å²) >= 11 is 1.98. The van der Waals surface area contributed by atoms with E-state index in [1.54, 1.807) is 7.05 Å². The van der Waals surface area contributed by atoms with Crippen molar-refractivity contribution in [1.82, 2.24) is 19.7 Å². The summed E-state index contributed by atoms with van der Waals surface area (Å²) < 4.78 is 28.3. The Morgan fingerprint density at radius 3 is 2.61 bits per heavy atom. The fourth-order valence-corrected chi connectivity index (χ4v) is 5.56. The lowest BCUT2D eigenvalue weighted by atomic mass is 10.0. The van der Waals surface area contributed by atoms with E-state index in [0.717, 1.165) is 12.8 Å². The van der Waals surface area contributed by atoms with E-state index in [1.807, 2.05) is 11.8 Å². The molecule has 1 aromatic heterocycles. The van der Waals surface area contributed by atoms with E-state index in [1.165, 1.54) is 22.4 Å². The highest BCUT2D eigenvalue weighted by Crippen LogP contribution is 2.42. The molecule has 2 fully saturated rings. The number of nitrogens with zero attached hydrogens (tertiary/aromatic N) is 3. The van der Waals surface area contributed by atoms with Crippen LogP contribution in [0.4, 0.5) is 0 Å². The molecule has 0 radical (unpaired) electrons. The summed E-state index contributed by atoms with van der Waals surface area (Å²) in [4.78, 5) is 0. The number of aryl methyl sites for hydroxylation is 1. The van der Waals surface area contributed by atoms with E-state index in [4.69, 9.17) is 0 Å². The number of rotatable bonds is 3. The Kier molecular flexibility index (Phi) is 3.11. The predicted octanol–water partition coefficient (Wildman–Crippen LogP) is 0.235. The Bertz CT molecular complexity index is 530. The molecule has 1 aliphatic carbocycles. The zero-order chi connectivity index (χ0) is 12.8. The molecule has 1 saturated heterocycles. The Labute approximate surface area is 111 Å². The topological polar surface area (TPSA) is 76.9 Å². The van der Waals surface area contributed by atoms with Gasteiger partial charge in [-0.2, -0.15) is 11.8 Å². The maximum Gasteiger partial charge on any atom is 0.261 e. The molecule has 1 aromatic rings. The number of thioether (sulfide) groups is 1. The van der Waals surface area contributed by atoms with Crippen molar-refractivity contribution in [2.75, 3.05) is 11.5 Å². The van der Waals surface area contributed by atoms with Gasteiger partial charge in [0.25, 0.3) is 10.0 Å².